The molecule has 4 aromatic rings. The number of nitrogens with zero attached hydrogens (tertiary/aromatic N) is 3. The number of hydrogen-bond acceptors (Lipinski definition) is 4. The number of fused-ring (bicyclic) bond motifs is 1. The van der Waals surface area contributed by atoms with Gasteiger partial charge >= 0.3 is 0 Å². The third kappa shape index (κ3) is 3.85. The third-order valence-corrected chi connectivity index (χ3v) is 5.50. The molecule has 138 valence electrons. The summed E-state index contributed by atoms with van der Waals surface area (Å²) in [7, 11) is 1.80. The molecule has 0 aliphatic heterocycles. The minimum Gasteiger partial charge on any atom is -0.329 e. The Kier molecular flexibility index (Phi) is 5.26. The number of thiazole rings is 1. The molecule has 2 heterocycles. The van der Waals surface area contributed by atoms with Crippen molar-refractivity contribution in [1.29, 1.82) is 0 Å². The highest BCUT2D eigenvalue weighted by Gasteiger charge is 2.23. The molecule has 4 rings (SSSR count). The van der Waals surface area contributed by atoms with Gasteiger partial charge in [-0.15, -0.1) is 11.3 Å². The maximum Gasteiger partial charge on any atom is 0.247 e. The van der Waals surface area contributed by atoms with E-state index in [-0.39, 0.29) is 11.9 Å². The normalized spacial score (nSPS) is 12.3. The van der Waals surface area contributed by atoms with Crippen molar-refractivity contribution < 1.29 is 4.79 Å². The van der Waals surface area contributed by atoms with E-state index in [4.69, 9.17) is 0 Å². The Hall–Kier alpha value is -3.31. The van der Waals surface area contributed by atoms with Gasteiger partial charge in [0.25, 0.3) is 0 Å². The third-order valence-electron chi connectivity index (χ3n) is 4.50. The first-order valence-electron chi connectivity index (χ1n) is 8.99. The lowest BCUT2D eigenvalue weighted by Crippen LogP contribution is -2.31. The first-order valence-corrected chi connectivity index (χ1v) is 9.80. The van der Waals surface area contributed by atoms with Gasteiger partial charge in [0.05, 0.1) is 22.0 Å². The molecule has 2 aromatic carbocycles. The second-order valence-electron chi connectivity index (χ2n) is 6.37. The zero-order valence-corrected chi connectivity index (χ0v) is 16.2. The van der Waals surface area contributed by atoms with Crippen LogP contribution in [-0.4, -0.2) is 27.8 Å². The van der Waals surface area contributed by atoms with E-state index < -0.39 is 0 Å². The molecule has 0 aliphatic carbocycles. The van der Waals surface area contributed by atoms with Gasteiger partial charge in [-0.05, 0) is 35.9 Å². The van der Waals surface area contributed by atoms with E-state index in [0.717, 1.165) is 26.5 Å². The number of carbonyl (C=O) groups excluding carboxylic acids is 1. The molecule has 1 amide bonds. The van der Waals surface area contributed by atoms with Crippen molar-refractivity contribution in [2.24, 2.45) is 0 Å². The van der Waals surface area contributed by atoms with Crippen LogP contribution >= 0.6 is 11.3 Å². The minimum absolute atomic E-state index is 0.0984. The molecule has 0 spiro atoms. The van der Waals surface area contributed by atoms with Gasteiger partial charge in [0.1, 0.15) is 5.01 Å². The quantitative estimate of drug-likeness (QED) is 0.457. The molecule has 2 aromatic heterocycles. The summed E-state index contributed by atoms with van der Waals surface area (Å²) in [6.45, 7) is 0. The fourth-order valence-electron chi connectivity index (χ4n) is 3.11. The topological polar surface area (TPSA) is 46.1 Å². The SMILES string of the molecule is CN(C(=O)/C=C/c1nc2ccccc2s1)C(c1ccccc1)c1ccccn1. The average Bonchev–Trinajstić information content (AvgIpc) is 3.17. The molecule has 0 aliphatic rings. The number of amides is 1. The summed E-state index contributed by atoms with van der Waals surface area (Å²) in [5.74, 6) is -0.0984. The number of para-hydroxylation sites is 1. The van der Waals surface area contributed by atoms with Crippen LogP contribution in [0.4, 0.5) is 0 Å². The first-order chi connectivity index (χ1) is 13.7. The molecule has 28 heavy (non-hydrogen) atoms. The number of rotatable bonds is 5. The Morgan fingerprint density at radius 3 is 2.50 bits per heavy atom. The molecular weight excluding hydrogens is 366 g/mol. The summed E-state index contributed by atoms with van der Waals surface area (Å²) in [4.78, 5) is 23.6. The minimum atomic E-state index is -0.255. The number of benzene rings is 2. The molecule has 1 unspecified atom stereocenters. The van der Waals surface area contributed by atoms with Gasteiger partial charge in [-0.1, -0.05) is 48.5 Å². The highest BCUT2D eigenvalue weighted by Crippen LogP contribution is 2.27. The maximum absolute atomic E-state index is 12.9. The zero-order chi connectivity index (χ0) is 19.3. The van der Waals surface area contributed by atoms with Crippen LogP contribution in [0, 0.1) is 0 Å². The molecular formula is C23H19N3OS. The molecule has 0 saturated carbocycles. The van der Waals surface area contributed by atoms with Crippen LogP contribution in [0.2, 0.25) is 0 Å². The monoisotopic (exact) mass is 385 g/mol. The Bertz CT molecular complexity index is 1030. The number of hydrogen-bond donors (Lipinski definition) is 0. The Balaban J connectivity index is 1.61. The van der Waals surface area contributed by atoms with Crippen molar-refractivity contribution >= 4 is 33.5 Å². The van der Waals surface area contributed by atoms with Crippen LogP contribution in [0.25, 0.3) is 16.3 Å². The first kappa shape index (κ1) is 18.1. The van der Waals surface area contributed by atoms with Gasteiger partial charge in [0.2, 0.25) is 5.91 Å². The average molecular weight is 385 g/mol. The van der Waals surface area contributed by atoms with E-state index in [2.05, 4.69) is 9.97 Å². The van der Waals surface area contributed by atoms with E-state index >= 15 is 0 Å². The highest BCUT2D eigenvalue weighted by atomic mass is 32.1. The van der Waals surface area contributed by atoms with E-state index in [1.807, 2.05) is 72.8 Å². The molecule has 0 fully saturated rings. The highest BCUT2D eigenvalue weighted by molar-refractivity contribution is 7.19. The predicted molar refractivity (Wildman–Crippen MR) is 114 cm³/mol. The number of likely N-dealkylation sites (N-methyl/N-ethyl adjacent to an activating group) is 1. The maximum atomic E-state index is 12.9. The Labute approximate surface area is 167 Å². The number of aromatic nitrogens is 2. The van der Waals surface area contributed by atoms with E-state index in [9.17, 15) is 4.79 Å². The van der Waals surface area contributed by atoms with Gasteiger partial charge in [0, 0.05) is 19.3 Å². The van der Waals surface area contributed by atoms with Crippen molar-refractivity contribution in [3.05, 3.63) is 101 Å². The van der Waals surface area contributed by atoms with Crippen LogP contribution < -0.4 is 0 Å². The summed E-state index contributed by atoms with van der Waals surface area (Å²) in [6.07, 6.45) is 5.11. The molecule has 5 heteroatoms. The number of carbonyl (C=O) groups is 1. The summed E-state index contributed by atoms with van der Waals surface area (Å²) < 4.78 is 1.11. The Morgan fingerprint density at radius 1 is 1.00 bits per heavy atom. The lowest BCUT2D eigenvalue weighted by molar-refractivity contribution is -0.126. The van der Waals surface area contributed by atoms with Gasteiger partial charge in [-0.25, -0.2) is 4.98 Å². The zero-order valence-electron chi connectivity index (χ0n) is 15.4. The van der Waals surface area contributed by atoms with Crippen LogP contribution in [0.15, 0.2) is 85.1 Å². The second-order valence-corrected chi connectivity index (χ2v) is 7.43. The summed E-state index contributed by atoms with van der Waals surface area (Å²) in [6, 6.07) is 23.4. The summed E-state index contributed by atoms with van der Waals surface area (Å²) in [5.41, 5.74) is 2.80. The summed E-state index contributed by atoms with van der Waals surface area (Å²) >= 11 is 1.57. The fraction of sp³-hybridized carbons (Fsp3) is 0.0870. The van der Waals surface area contributed by atoms with Crippen molar-refractivity contribution in [3.8, 4) is 0 Å². The van der Waals surface area contributed by atoms with E-state index in [1.54, 1.807) is 41.6 Å². The van der Waals surface area contributed by atoms with Crippen molar-refractivity contribution in [2.45, 2.75) is 6.04 Å². The largest absolute Gasteiger partial charge is 0.329 e. The van der Waals surface area contributed by atoms with Crippen molar-refractivity contribution in [2.75, 3.05) is 7.05 Å². The molecule has 0 saturated heterocycles. The van der Waals surface area contributed by atoms with Crippen LogP contribution in [0.1, 0.15) is 22.3 Å². The van der Waals surface area contributed by atoms with Crippen LogP contribution in [-0.2, 0) is 4.79 Å². The van der Waals surface area contributed by atoms with Gasteiger partial charge in [-0.2, -0.15) is 0 Å². The second kappa shape index (κ2) is 8.15. The number of pyridine rings is 1. The van der Waals surface area contributed by atoms with E-state index in [1.165, 1.54) is 0 Å². The van der Waals surface area contributed by atoms with E-state index in [0.29, 0.717) is 0 Å². The van der Waals surface area contributed by atoms with Crippen molar-refractivity contribution in [1.82, 2.24) is 14.9 Å². The lowest BCUT2D eigenvalue weighted by Gasteiger charge is -2.27. The molecule has 0 N–H and O–H groups in total. The molecule has 0 bridgehead atoms. The molecule has 1 atom stereocenters. The Morgan fingerprint density at radius 2 is 1.75 bits per heavy atom. The van der Waals surface area contributed by atoms with Crippen LogP contribution in [0.3, 0.4) is 0 Å². The van der Waals surface area contributed by atoms with Crippen LogP contribution in [0.5, 0.6) is 0 Å². The van der Waals surface area contributed by atoms with Gasteiger partial charge in [0.15, 0.2) is 0 Å². The van der Waals surface area contributed by atoms with Crippen molar-refractivity contribution in [3.63, 3.8) is 0 Å². The standard InChI is InChI=1S/C23H19N3OS/c1-26(22(27)15-14-21-25-18-11-5-6-13-20(18)28-21)23(17-9-3-2-4-10-17)19-12-7-8-16-24-19/h2-16,23H,1H3/b15-14+. The molecule has 4 nitrogen and oxygen atoms in total. The van der Waals surface area contributed by atoms with Gasteiger partial charge in [-0.3, -0.25) is 9.78 Å². The fourth-order valence-corrected chi connectivity index (χ4v) is 3.98. The van der Waals surface area contributed by atoms with Gasteiger partial charge < -0.3 is 4.90 Å². The smallest absolute Gasteiger partial charge is 0.247 e. The lowest BCUT2D eigenvalue weighted by atomic mass is 10.0. The summed E-state index contributed by atoms with van der Waals surface area (Å²) in [5, 5.41) is 0.817. The molecule has 0 radical (unpaired) electrons. The predicted octanol–water partition coefficient (Wildman–Crippen LogP) is 4.95.